The number of nitrogens with zero attached hydrogens (tertiary/aromatic N) is 1. The lowest BCUT2D eigenvalue weighted by Gasteiger charge is -2.23. The highest BCUT2D eigenvalue weighted by Crippen LogP contribution is 2.30. The van der Waals surface area contributed by atoms with Gasteiger partial charge in [0.25, 0.3) is 10.0 Å². The summed E-state index contributed by atoms with van der Waals surface area (Å²) in [6.45, 7) is 3.57. The molecule has 0 aliphatic carbocycles. The van der Waals surface area contributed by atoms with E-state index in [-0.39, 0.29) is 22.0 Å². The predicted octanol–water partition coefficient (Wildman–Crippen LogP) is 5.58. The molecular formula is C23H21ClFNO5S. The number of hydrogen-bond donors (Lipinski definition) is 0. The monoisotopic (exact) mass is 477 g/mol. The van der Waals surface area contributed by atoms with Gasteiger partial charge in [0.1, 0.15) is 17.3 Å². The lowest BCUT2D eigenvalue weighted by molar-refractivity contribution is 0.0599. The van der Waals surface area contributed by atoms with Crippen molar-refractivity contribution in [1.29, 1.82) is 0 Å². The molecule has 0 aliphatic heterocycles. The number of halogens is 2. The van der Waals surface area contributed by atoms with E-state index in [2.05, 4.69) is 0 Å². The number of carbonyl (C=O) groups is 1. The number of carbonyl (C=O) groups excluding carboxylic acids is 1. The van der Waals surface area contributed by atoms with Gasteiger partial charge in [0.05, 0.1) is 28.3 Å². The van der Waals surface area contributed by atoms with Gasteiger partial charge in [-0.25, -0.2) is 17.6 Å². The number of benzene rings is 3. The van der Waals surface area contributed by atoms with E-state index >= 15 is 0 Å². The Morgan fingerprint density at radius 3 is 2.28 bits per heavy atom. The van der Waals surface area contributed by atoms with Crippen molar-refractivity contribution in [2.24, 2.45) is 0 Å². The van der Waals surface area contributed by atoms with Gasteiger partial charge in [-0.1, -0.05) is 17.7 Å². The van der Waals surface area contributed by atoms with Gasteiger partial charge in [-0.15, -0.1) is 0 Å². The number of hydrogen-bond acceptors (Lipinski definition) is 5. The Bertz CT molecular complexity index is 1250. The van der Waals surface area contributed by atoms with Gasteiger partial charge < -0.3 is 9.47 Å². The van der Waals surface area contributed by atoms with E-state index in [1.54, 1.807) is 44.2 Å². The summed E-state index contributed by atoms with van der Waals surface area (Å²) in [4.78, 5) is 12.0. The second kappa shape index (κ2) is 9.58. The molecule has 0 fully saturated rings. The molecule has 0 spiro atoms. The number of esters is 1. The van der Waals surface area contributed by atoms with E-state index in [0.717, 1.165) is 0 Å². The molecule has 32 heavy (non-hydrogen) atoms. The minimum atomic E-state index is -3.94. The van der Waals surface area contributed by atoms with Gasteiger partial charge in [-0.05, 0) is 67.9 Å². The van der Waals surface area contributed by atoms with Gasteiger partial charge in [0, 0.05) is 12.6 Å². The van der Waals surface area contributed by atoms with Crippen molar-refractivity contribution in [1.82, 2.24) is 0 Å². The van der Waals surface area contributed by atoms with Crippen LogP contribution in [0.25, 0.3) is 0 Å². The average molecular weight is 478 g/mol. The maximum absolute atomic E-state index is 13.3. The van der Waals surface area contributed by atoms with Crippen molar-refractivity contribution in [3.8, 4) is 11.5 Å². The fourth-order valence-electron chi connectivity index (χ4n) is 3.07. The molecule has 3 aromatic carbocycles. The van der Waals surface area contributed by atoms with E-state index in [1.165, 1.54) is 41.7 Å². The van der Waals surface area contributed by atoms with Crippen LogP contribution < -0.4 is 9.04 Å². The van der Waals surface area contributed by atoms with Crippen LogP contribution in [-0.4, -0.2) is 28.0 Å². The maximum Gasteiger partial charge on any atom is 0.338 e. The number of aryl methyl sites for hydroxylation is 1. The maximum atomic E-state index is 13.3. The molecule has 0 bridgehead atoms. The fourth-order valence-corrected chi connectivity index (χ4v) is 4.74. The number of ether oxygens (including phenoxy) is 2. The van der Waals surface area contributed by atoms with E-state index in [9.17, 15) is 17.6 Å². The highest BCUT2D eigenvalue weighted by Gasteiger charge is 2.25. The molecule has 0 saturated carbocycles. The molecule has 6 nitrogen and oxygen atoms in total. The lowest BCUT2D eigenvalue weighted by atomic mass is 10.1. The van der Waals surface area contributed by atoms with E-state index < -0.39 is 21.8 Å². The summed E-state index contributed by atoms with van der Waals surface area (Å²) in [5.41, 5.74) is 1.21. The van der Waals surface area contributed by atoms with Gasteiger partial charge >= 0.3 is 5.97 Å². The molecule has 0 heterocycles. The summed E-state index contributed by atoms with van der Waals surface area (Å²) in [5.74, 6) is -0.387. The van der Waals surface area contributed by atoms with Crippen molar-refractivity contribution in [2.45, 2.75) is 18.7 Å². The molecule has 0 saturated heterocycles. The van der Waals surface area contributed by atoms with Crippen LogP contribution in [0.5, 0.6) is 11.5 Å². The molecule has 3 rings (SSSR count). The van der Waals surface area contributed by atoms with Crippen LogP contribution in [0.3, 0.4) is 0 Å². The van der Waals surface area contributed by atoms with Gasteiger partial charge in [-0.3, -0.25) is 4.31 Å². The molecule has 9 heteroatoms. The van der Waals surface area contributed by atoms with Crippen LogP contribution >= 0.6 is 11.6 Å². The molecule has 0 radical (unpaired) electrons. The third-order valence-corrected chi connectivity index (χ3v) is 6.93. The van der Waals surface area contributed by atoms with Crippen molar-refractivity contribution in [2.75, 3.05) is 18.0 Å². The van der Waals surface area contributed by atoms with Crippen LogP contribution in [0, 0.1) is 12.7 Å². The highest BCUT2D eigenvalue weighted by atomic mass is 35.5. The summed E-state index contributed by atoms with van der Waals surface area (Å²) in [7, 11) is -2.70. The molecule has 0 aliphatic rings. The fraction of sp³-hybridized carbons (Fsp3) is 0.174. The largest absolute Gasteiger partial charge is 0.465 e. The molecule has 168 valence electrons. The number of sulfonamides is 1. The Morgan fingerprint density at radius 1 is 1.03 bits per heavy atom. The van der Waals surface area contributed by atoms with Crippen molar-refractivity contribution in [3.05, 3.63) is 82.6 Å². The van der Waals surface area contributed by atoms with Gasteiger partial charge in [-0.2, -0.15) is 0 Å². The van der Waals surface area contributed by atoms with E-state index in [4.69, 9.17) is 21.1 Å². The first-order valence-corrected chi connectivity index (χ1v) is 11.4. The van der Waals surface area contributed by atoms with Crippen molar-refractivity contribution < 1.29 is 27.1 Å². The second-order valence-electron chi connectivity index (χ2n) is 6.81. The molecule has 3 aromatic rings. The molecule has 0 unspecified atom stereocenters. The predicted molar refractivity (Wildman–Crippen MR) is 121 cm³/mol. The Morgan fingerprint density at radius 2 is 1.69 bits per heavy atom. The normalized spacial score (nSPS) is 11.2. The van der Waals surface area contributed by atoms with Gasteiger partial charge in [0.2, 0.25) is 0 Å². The summed E-state index contributed by atoms with van der Waals surface area (Å²) in [6.07, 6.45) is 0. The molecule has 0 amide bonds. The van der Waals surface area contributed by atoms with Crippen LogP contribution in [0.1, 0.15) is 22.8 Å². The minimum Gasteiger partial charge on any atom is -0.465 e. The molecule has 0 atom stereocenters. The molecule has 0 N–H and O–H groups in total. The Kier molecular flexibility index (Phi) is 7.06. The summed E-state index contributed by atoms with van der Waals surface area (Å²) >= 11 is 5.77. The minimum absolute atomic E-state index is 0.0216. The third kappa shape index (κ3) is 4.87. The van der Waals surface area contributed by atoms with E-state index in [1.807, 2.05) is 0 Å². The lowest BCUT2D eigenvalue weighted by Crippen LogP contribution is -2.31. The van der Waals surface area contributed by atoms with Crippen molar-refractivity contribution in [3.63, 3.8) is 0 Å². The third-order valence-electron chi connectivity index (χ3n) is 4.74. The van der Waals surface area contributed by atoms with Crippen LogP contribution in [0.2, 0.25) is 5.02 Å². The first kappa shape index (κ1) is 23.6. The highest BCUT2D eigenvalue weighted by molar-refractivity contribution is 7.92. The first-order valence-electron chi connectivity index (χ1n) is 9.62. The Labute approximate surface area is 191 Å². The zero-order chi connectivity index (χ0) is 23.5. The summed E-state index contributed by atoms with van der Waals surface area (Å²) < 4.78 is 51.5. The van der Waals surface area contributed by atoms with Gasteiger partial charge in [0.15, 0.2) is 0 Å². The Hall–Kier alpha value is -3.10. The summed E-state index contributed by atoms with van der Waals surface area (Å²) in [6, 6.07) is 14.7. The van der Waals surface area contributed by atoms with Crippen LogP contribution in [0.4, 0.5) is 10.1 Å². The Balaban J connectivity index is 1.89. The quantitative estimate of drug-likeness (QED) is 0.415. The van der Waals surface area contributed by atoms with Crippen molar-refractivity contribution >= 4 is 33.3 Å². The number of anilines is 1. The topological polar surface area (TPSA) is 72.9 Å². The number of methoxy groups -OCH3 is 1. The average Bonchev–Trinajstić information content (AvgIpc) is 2.77. The molecular weight excluding hydrogens is 457 g/mol. The molecule has 0 aromatic heterocycles. The second-order valence-corrected chi connectivity index (χ2v) is 9.08. The smallest absolute Gasteiger partial charge is 0.338 e. The summed E-state index contributed by atoms with van der Waals surface area (Å²) in [5, 5.41) is -0.0632. The SMILES string of the molecule is CCN(c1ccc(Oc2ccc(F)c(Cl)c2)cc1)S(=O)(=O)c1ccc(C)c(C(=O)OC)c1. The zero-order valence-electron chi connectivity index (χ0n) is 17.6. The standard InChI is InChI=1S/C23H21ClFNO5S/c1-4-26(32(28,29)19-11-5-15(2)20(14-19)23(27)30-3)16-6-8-17(9-7-16)31-18-10-12-22(25)21(24)13-18/h5-14H,4H2,1-3H3. The first-order chi connectivity index (χ1) is 15.2. The zero-order valence-corrected chi connectivity index (χ0v) is 19.2. The van der Waals surface area contributed by atoms with Crippen LogP contribution in [-0.2, 0) is 14.8 Å². The van der Waals surface area contributed by atoms with E-state index in [0.29, 0.717) is 22.7 Å². The van der Waals surface area contributed by atoms with Crippen LogP contribution in [0.15, 0.2) is 65.6 Å². The number of rotatable bonds is 7.